The normalized spacial score (nSPS) is 23.2. The zero-order valence-corrected chi connectivity index (χ0v) is 12.0. The van der Waals surface area contributed by atoms with Crippen molar-refractivity contribution >= 4 is 16.8 Å². The number of H-pyrrole nitrogens is 1. The van der Waals surface area contributed by atoms with Gasteiger partial charge in [0, 0.05) is 23.6 Å². The monoisotopic (exact) mass is 282 g/mol. The van der Waals surface area contributed by atoms with E-state index in [0.717, 1.165) is 35.2 Å². The highest BCUT2D eigenvalue weighted by molar-refractivity contribution is 5.90. The van der Waals surface area contributed by atoms with E-state index in [0.29, 0.717) is 18.4 Å². The van der Waals surface area contributed by atoms with Gasteiger partial charge in [0.05, 0.1) is 19.6 Å². The summed E-state index contributed by atoms with van der Waals surface area (Å²) in [4.78, 5) is 17.8. The molecule has 1 aliphatic heterocycles. The summed E-state index contributed by atoms with van der Waals surface area (Å²) in [5, 5.41) is 1.07. The molecule has 4 rings (SSSR count). The molecule has 4 heteroatoms. The van der Waals surface area contributed by atoms with Gasteiger partial charge in [-0.1, -0.05) is 12.2 Å². The van der Waals surface area contributed by atoms with E-state index in [2.05, 4.69) is 17.1 Å². The average Bonchev–Trinajstić information content (AvgIpc) is 3.22. The first kappa shape index (κ1) is 12.5. The lowest BCUT2D eigenvalue weighted by Crippen LogP contribution is -2.36. The number of amides is 1. The van der Waals surface area contributed by atoms with Crippen molar-refractivity contribution in [2.45, 2.75) is 18.9 Å². The van der Waals surface area contributed by atoms with Gasteiger partial charge in [-0.05, 0) is 36.1 Å². The van der Waals surface area contributed by atoms with Crippen molar-refractivity contribution in [1.29, 1.82) is 0 Å². The van der Waals surface area contributed by atoms with Gasteiger partial charge in [-0.3, -0.25) is 4.79 Å². The average molecular weight is 282 g/mol. The van der Waals surface area contributed by atoms with Gasteiger partial charge in [0.2, 0.25) is 5.91 Å². The van der Waals surface area contributed by atoms with Crippen molar-refractivity contribution in [3.63, 3.8) is 0 Å². The first-order chi connectivity index (χ1) is 10.2. The maximum absolute atomic E-state index is 12.5. The number of aromatic amines is 1. The van der Waals surface area contributed by atoms with Crippen molar-refractivity contribution < 1.29 is 9.53 Å². The third kappa shape index (κ3) is 2.02. The van der Waals surface area contributed by atoms with Gasteiger partial charge in [-0.2, -0.15) is 0 Å². The number of ether oxygens (including phenoxy) is 1. The van der Waals surface area contributed by atoms with Crippen LogP contribution in [0.5, 0.6) is 5.75 Å². The smallest absolute Gasteiger partial charge is 0.227 e. The molecule has 0 spiro atoms. The molecule has 0 unspecified atom stereocenters. The largest absolute Gasteiger partial charge is 0.497 e. The zero-order chi connectivity index (χ0) is 14.4. The summed E-state index contributed by atoms with van der Waals surface area (Å²) >= 11 is 0. The molecule has 2 aliphatic rings. The van der Waals surface area contributed by atoms with Crippen LogP contribution in [-0.4, -0.2) is 35.5 Å². The second-order valence-electron chi connectivity index (χ2n) is 5.90. The van der Waals surface area contributed by atoms with E-state index in [9.17, 15) is 4.79 Å². The van der Waals surface area contributed by atoms with Crippen LogP contribution < -0.4 is 4.74 Å². The number of carbonyl (C=O) groups excluding carboxylic acids is 1. The molecule has 1 aliphatic carbocycles. The van der Waals surface area contributed by atoms with Crippen LogP contribution in [0, 0.1) is 5.92 Å². The Labute approximate surface area is 123 Å². The molecule has 1 amide bonds. The molecule has 0 radical (unpaired) electrons. The van der Waals surface area contributed by atoms with Crippen molar-refractivity contribution in [1.82, 2.24) is 9.88 Å². The molecule has 1 fully saturated rings. The molecule has 2 aromatic rings. The van der Waals surface area contributed by atoms with Gasteiger partial charge in [0.15, 0.2) is 0 Å². The van der Waals surface area contributed by atoms with Crippen LogP contribution in [0.15, 0.2) is 36.5 Å². The molecule has 21 heavy (non-hydrogen) atoms. The number of nitrogens with zero attached hydrogens (tertiary/aromatic N) is 1. The molecule has 1 saturated heterocycles. The van der Waals surface area contributed by atoms with Crippen LogP contribution in [0.4, 0.5) is 0 Å². The lowest BCUT2D eigenvalue weighted by atomic mass is 10.1. The van der Waals surface area contributed by atoms with Crippen LogP contribution in [0.25, 0.3) is 10.9 Å². The second-order valence-corrected chi connectivity index (χ2v) is 5.90. The molecule has 108 valence electrons. The minimum atomic E-state index is 0.218. The second kappa shape index (κ2) is 4.65. The standard InChI is InChI=1S/C17H18N2O2/c1-21-14-4-5-16-15(8-14)12(9-18-16)7-17(20)19-10-11-2-3-13(19)6-11/h2-5,8-9,11,13,18H,6-7,10H2,1H3/t11-,13+/m0/s1. The van der Waals surface area contributed by atoms with E-state index in [1.807, 2.05) is 29.3 Å². The number of rotatable bonds is 3. The Morgan fingerprint density at radius 3 is 3.05 bits per heavy atom. The summed E-state index contributed by atoms with van der Waals surface area (Å²) in [7, 11) is 1.66. The van der Waals surface area contributed by atoms with Crippen molar-refractivity contribution in [3.05, 3.63) is 42.1 Å². The number of aromatic nitrogens is 1. The number of benzene rings is 1. The molecular weight excluding hydrogens is 264 g/mol. The Hall–Kier alpha value is -2.23. The van der Waals surface area contributed by atoms with Crippen LogP contribution in [0.1, 0.15) is 12.0 Å². The Balaban J connectivity index is 1.59. The molecule has 4 nitrogen and oxygen atoms in total. The van der Waals surface area contributed by atoms with E-state index in [1.165, 1.54) is 0 Å². The molecule has 2 heterocycles. The van der Waals surface area contributed by atoms with Gasteiger partial charge in [-0.25, -0.2) is 0 Å². The maximum atomic E-state index is 12.5. The molecule has 1 N–H and O–H groups in total. The van der Waals surface area contributed by atoms with Crippen molar-refractivity contribution in [2.75, 3.05) is 13.7 Å². The number of methoxy groups -OCH3 is 1. The van der Waals surface area contributed by atoms with Gasteiger partial charge >= 0.3 is 0 Å². The Morgan fingerprint density at radius 1 is 1.43 bits per heavy atom. The summed E-state index contributed by atoms with van der Waals surface area (Å²) in [5.41, 5.74) is 2.09. The highest BCUT2D eigenvalue weighted by Gasteiger charge is 2.36. The number of hydrogen-bond donors (Lipinski definition) is 1. The summed E-state index contributed by atoms with van der Waals surface area (Å²) < 4.78 is 5.27. The molecule has 1 aromatic heterocycles. The zero-order valence-electron chi connectivity index (χ0n) is 12.0. The summed E-state index contributed by atoms with van der Waals surface area (Å²) in [6.07, 6.45) is 7.90. The molecule has 0 saturated carbocycles. The molecule has 1 aromatic carbocycles. The van der Waals surface area contributed by atoms with E-state index in [1.54, 1.807) is 7.11 Å². The third-order valence-corrected chi connectivity index (χ3v) is 4.62. The van der Waals surface area contributed by atoms with Crippen LogP contribution >= 0.6 is 0 Å². The number of hydrogen-bond acceptors (Lipinski definition) is 2. The first-order valence-electron chi connectivity index (χ1n) is 7.36. The third-order valence-electron chi connectivity index (χ3n) is 4.62. The highest BCUT2D eigenvalue weighted by Crippen LogP contribution is 2.32. The fraction of sp³-hybridized carbons (Fsp3) is 0.353. The van der Waals surface area contributed by atoms with Gasteiger partial charge < -0.3 is 14.6 Å². The summed E-state index contributed by atoms with van der Waals surface area (Å²) in [5.74, 6) is 1.61. The first-order valence-corrected chi connectivity index (χ1v) is 7.36. The Morgan fingerprint density at radius 2 is 2.33 bits per heavy atom. The highest BCUT2D eigenvalue weighted by atomic mass is 16.5. The molecule has 2 atom stereocenters. The number of fused-ring (bicyclic) bond motifs is 3. The topological polar surface area (TPSA) is 45.3 Å². The fourth-order valence-electron chi connectivity index (χ4n) is 3.49. The minimum absolute atomic E-state index is 0.218. The van der Waals surface area contributed by atoms with Crippen LogP contribution in [0.3, 0.4) is 0 Å². The molecular formula is C17H18N2O2. The quantitative estimate of drug-likeness (QED) is 0.879. The number of nitrogens with one attached hydrogen (secondary N) is 1. The van der Waals surface area contributed by atoms with Gasteiger partial charge in [0.1, 0.15) is 5.75 Å². The van der Waals surface area contributed by atoms with Crippen LogP contribution in [0.2, 0.25) is 0 Å². The predicted octanol–water partition coefficient (Wildman–Crippen LogP) is 2.51. The molecule has 2 bridgehead atoms. The van der Waals surface area contributed by atoms with E-state index >= 15 is 0 Å². The van der Waals surface area contributed by atoms with Crippen molar-refractivity contribution in [3.8, 4) is 5.75 Å². The van der Waals surface area contributed by atoms with E-state index < -0.39 is 0 Å². The summed E-state index contributed by atoms with van der Waals surface area (Å²) in [6.45, 7) is 0.881. The Bertz CT molecular complexity index is 731. The van der Waals surface area contributed by atoms with Crippen molar-refractivity contribution in [2.24, 2.45) is 5.92 Å². The number of carbonyl (C=O) groups is 1. The van der Waals surface area contributed by atoms with Gasteiger partial charge in [-0.15, -0.1) is 0 Å². The number of likely N-dealkylation sites (tertiary alicyclic amines) is 1. The minimum Gasteiger partial charge on any atom is -0.497 e. The van der Waals surface area contributed by atoms with E-state index in [4.69, 9.17) is 4.74 Å². The maximum Gasteiger partial charge on any atom is 0.227 e. The fourth-order valence-corrected chi connectivity index (χ4v) is 3.49. The SMILES string of the molecule is COc1ccc2[nH]cc(CC(=O)N3C[C@H]4C=C[C@@H]3C4)c2c1. The van der Waals surface area contributed by atoms with Gasteiger partial charge in [0.25, 0.3) is 0 Å². The lowest BCUT2D eigenvalue weighted by molar-refractivity contribution is -0.130. The Kier molecular flexibility index (Phi) is 2.77. The summed E-state index contributed by atoms with van der Waals surface area (Å²) in [6, 6.07) is 6.23. The van der Waals surface area contributed by atoms with E-state index in [-0.39, 0.29) is 5.91 Å². The van der Waals surface area contributed by atoms with Crippen LogP contribution in [-0.2, 0) is 11.2 Å². The predicted molar refractivity (Wildman–Crippen MR) is 81.3 cm³/mol. The lowest BCUT2D eigenvalue weighted by Gasteiger charge is -2.23.